The number of benzene rings is 2. The van der Waals surface area contributed by atoms with Crippen molar-refractivity contribution in [1.82, 2.24) is 15.5 Å². The van der Waals surface area contributed by atoms with E-state index in [0.717, 1.165) is 43.5 Å². The van der Waals surface area contributed by atoms with Crippen LogP contribution in [-0.4, -0.2) is 22.1 Å². The Labute approximate surface area is 152 Å². The molecule has 1 amide bonds. The van der Waals surface area contributed by atoms with E-state index in [1.807, 2.05) is 0 Å². The Balaban J connectivity index is 1.86. The van der Waals surface area contributed by atoms with E-state index in [-0.39, 0.29) is 39.5 Å². The number of anilines is 1. The van der Waals surface area contributed by atoms with Gasteiger partial charge in [-0.3, -0.25) is 4.79 Å². The summed E-state index contributed by atoms with van der Waals surface area (Å²) < 4.78 is 42.2. The van der Waals surface area contributed by atoms with Crippen molar-refractivity contribution in [3.63, 3.8) is 0 Å². The van der Waals surface area contributed by atoms with Crippen LogP contribution < -0.4 is 11.1 Å². The minimum Gasteiger partial charge on any atom is -0.396 e. The van der Waals surface area contributed by atoms with Gasteiger partial charge in [-0.05, 0) is 49.6 Å². The van der Waals surface area contributed by atoms with Crippen LogP contribution in [0.2, 0.25) is 0 Å². The molecule has 1 fully saturated rings. The predicted molar refractivity (Wildman–Crippen MR) is 94.4 cm³/mol. The highest BCUT2D eigenvalue weighted by Gasteiger charge is 2.24. The lowest BCUT2D eigenvalue weighted by molar-refractivity contribution is 0.0912. The van der Waals surface area contributed by atoms with Crippen LogP contribution in [-0.2, 0) is 0 Å². The van der Waals surface area contributed by atoms with Gasteiger partial charge in [0.2, 0.25) is 0 Å². The Kier molecular flexibility index (Phi) is 4.18. The van der Waals surface area contributed by atoms with E-state index in [0.29, 0.717) is 0 Å². The molecule has 5 nitrogen and oxygen atoms in total. The monoisotopic (exact) mass is 372 g/mol. The van der Waals surface area contributed by atoms with E-state index in [9.17, 15) is 18.0 Å². The summed E-state index contributed by atoms with van der Waals surface area (Å²) in [5.41, 5.74) is 5.41. The molecule has 0 unspecified atom stereocenters. The number of amides is 1. The van der Waals surface area contributed by atoms with Gasteiger partial charge in [0, 0.05) is 22.6 Å². The highest BCUT2D eigenvalue weighted by atomic mass is 19.1. The van der Waals surface area contributed by atoms with Crippen molar-refractivity contribution in [2.45, 2.75) is 25.3 Å². The summed E-state index contributed by atoms with van der Waals surface area (Å²) in [5.74, 6) is -2.79. The van der Waals surface area contributed by atoms with Gasteiger partial charge in [0.05, 0.1) is 5.69 Å². The Hall–Kier alpha value is -3.16. The largest absolute Gasteiger partial charge is 0.396 e. The summed E-state index contributed by atoms with van der Waals surface area (Å²) in [6.07, 6.45) is 2.83. The number of nitrogens with zero attached hydrogens (tertiary/aromatic N) is 2. The zero-order valence-electron chi connectivity index (χ0n) is 14.1. The standard InChI is InChI=1S/C19H15F3N4O/c20-9-4-6-13(21)12(8-9)15-14(22)7-5-11-16(23)18(26-25-17(11)15)19(27)24-10-2-1-3-10/h4-8,10H,1-3H2,(H2,23,25)(H,24,27). The summed E-state index contributed by atoms with van der Waals surface area (Å²) in [7, 11) is 0. The van der Waals surface area contributed by atoms with Crippen molar-refractivity contribution in [2.75, 3.05) is 5.73 Å². The third-order valence-electron chi connectivity index (χ3n) is 4.78. The van der Waals surface area contributed by atoms with Gasteiger partial charge >= 0.3 is 0 Å². The topological polar surface area (TPSA) is 80.9 Å². The maximum Gasteiger partial charge on any atom is 0.274 e. The molecule has 0 aliphatic heterocycles. The lowest BCUT2D eigenvalue weighted by Gasteiger charge is -2.26. The summed E-state index contributed by atoms with van der Waals surface area (Å²) in [5, 5.41) is 10.8. The van der Waals surface area contributed by atoms with Crippen LogP contribution in [0, 0.1) is 17.5 Å². The first-order valence-electron chi connectivity index (χ1n) is 8.46. The maximum atomic E-state index is 14.5. The lowest BCUT2D eigenvalue weighted by Crippen LogP contribution is -2.40. The van der Waals surface area contributed by atoms with Gasteiger partial charge in [-0.1, -0.05) is 0 Å². The van der Waals surface area contributed by atoms with Gasteiger partial charge in [-0.25, -0.2) is 13.2 Å². The molecule has 1 heterocycles. The number of aromatic nitrogens is 2. The first-order chi connectivity index (χ1) is 13.0. The number of hydrogen-bond acceptors (Lipinski definition) is 4. The number of nitrogen functional groups attached to an aromatic ring is 1. The molecule has 0 saturated heterocycles. The zero-order chi connectivity index (χ0) is 19.1. The Morgan fingerprint density at radius 1 is 1.07 bits per heavy atom. The number of carbonyl (C=O) groups excluding carboxylic acids is 1. The molecule has 1 saturated carbocycles. The molecular formula is C19H15F3N4O. The predicted octanol–water partition coefficient (Wildman–Crippen LogP) is 3.58. The smallest absolute Gasteiger partial charge is 0.274 e. The fourth-order valence-corrected chi connectivity index (χ4v) is 3.09. The van der Waals surface area contributed by atoms with E-state index in [1.54, 1.807) is 0 Å². The Morgan fingerprint density at radius 3 is 2.52 bits per heavy atom. The summed E-state index contributed by atoms with van der Waals surface area (Å²) in [6, 6.07) is 5.22. The molecule has 4 rings (SSSR count). The van der Waals surface area contributed by atoms with E-state index < -0.39 is 23.4 Å². The first-order valence-corrected chi connectivity index (χ1v) is 8.46. The Bertz CT molecular complexity index is 1070. The number of nitrogens with one attached hydrogen (secondary N) is 1. The summed E-state index contributed by atoms with van der Waals surface area (Å²) in [6.45, 7) is 0. The van der Waals surface area contributed by atoms with Crippen molar-refractivity contribution in [1.29, 1.82) is 0 Å². The number of hydrogen-bond donors (Lipinski definition) is 2. The fraction of sp³-hybridized carbons (Fsp3) is 0.211. The quantitative estimate of drug-likeness (QED) is 0.736. The average molecular weight is 372 g/mol. The van der Waals surface area contributed by atoms with Gasteiger partial charge in [-0.2, -0.15) is 0 Å². The highest BCUT2D eigenvalue weighted by Crippen LogP contribution is 2.34. The molecule has 8 heteroatoms. The summed E-state index contributed by atoms with van der Waals surface area (Å²) in [4.78, 5) is 12.4. The van der Waals surface area contributed by atoms with Gasteiger partial charge in [-0.15, -0.1) is 10.2 Å². The average Bonchev–Trinajstić information content (AvgIpc) is 2.60. The van der Waals surface area contributed by atoms with Crippen LogP contribution in [0.25, 0.3) is 22.0 Å². The molecule has 0 spiro atoms. The minimum absolute atomic E-state index is 0.00915. The molecule has 0 atom stereocenters. The third-order valence-corrected chi connectivity index (χ3v) is 4.78. The fourth-order valence-electron chi connectivity index (χ4n) is 3.09. The number of rotatable bonds is 3. The van der Waals surface area contributed by atoms with Gasteiger partial charge in [0.1, 0.15) is 23.0 Å². The van der Waals surface area contributed by atoms with E-state index >= 15 is 0 Å². The maximum absolute atomic E-state index is 14.5. The molecule has 138 valence electrons. The SMILES string of the molecule is Nc1c(C(=O)NC2CCC2)nnc2c(-c3cc(F)ccc3F)c(F)ccc12. The van der Waals surface area contributed by atoms with Crippen LogP contribution in [0.1, 0.15) is 29.8 Å². The van der Waals surface area contributed by atoms with Crippen molar-refractivity contribution < 1.29 is 18.0 Å². The molecule has 1 aliphatic rings. The van der Waals surface area contributed by atoms with Crippen molar-refractivity contribution in [3.8, 4) is 11.1 Å². The molecule has 2 aromatic carbocycles. The number of fused-ring (bicyclic) bond motifs is 1. The van der Waals surface area contributed by atoms with Crippen molar-refractivity contribution in [2.24, 2.45) is 0 Å². The van der Waals surface area contributed by atoms with Crippen molar-refractivity contribution in [3.05, 3.63) is 53.5 Å². The van der Waals surface area contributed by atoms with Crippen LogP contribution in [0.4, 0.5) is 18.9 Å². The summed E-state index contributed by atoms with van der Waals surface area (Å²) >= 11 is 0. The molecular weight excluding hydrogens is 357 g/mol. The zero-order valence-corrected chi connectivity index (χ0v) is 14.1. The van der Waals surface area contributed by atoms with E-state index in [1.165, 1.54) is 6.07 Å². The minimum atomic E-state index is -0.810. The van der Waals surface area contributed by atoms with Crippen LogP contribution in [0.3, 0.4) is 0 Å². The molecule has 27 heavy (non-hydrogen) atoms. The molecule has 1 aliphatic carbocycles. The molecule has 1 aromatic heterocycles. The molecule has 3 N–H and O–H groups in total. The lowest BCUT2D eigenvalue weighted by atomic mass is 9.93. The van der Waals surface area contributed by atoms with Gasteiger partial charge < -0.3 is 11.1 Å². The first kappa shape index (κ1) is 17.3. The second-order valence-electron chi connectivity index (χ2n) is 6.51. The van der Waals surface area contributed by atoms with Crippen molar-refractivity contribution >= 4 is 22.5 Å². The number of nitrogens with two attached hydrogens (primary N) is 1. The van der Waals surface area contributed by atoms with Crippen LogP contribution in [0.15, 0.2) is 30.3 Å². The van der Waals surface area contributed by atoms with E-state index in [2.05, 4.69) is 15.5 Å². The van der Waals surface area contributed by atoms with Gasteiger partial charge in [0.25, 0.3) is 5.91 Å². The molecule has 0 bridgehead atoms. The van der Waals surface area contributed by atoms with Gasteiger partial charge in [0.15, 0.2) is 5.69 Å². The third kappa shape index (κ3) is 2.97. The van der Waals surface area contributed by atoms with Crippen LogP contribution >= 0.6 is 0 Å². The number of carbonyl (C=O) groups is 1. The second kappa shape index (κ2) is 6.53. The Morgan fingerprint density at radius 2 is 1.81 bits per heavy atom. The highest BCUT2D eigenvalue weighted by molar-refractivity contribution is 6.07. The molecule has 0 radical (unpaired) electrons. The number of halogens is 3. The second-order valence-corrected chi connectivity index (χ2v) is 6.51. The van der Waals surface area contributed by atoms with E-state index in [4.69, 9.17) is 5.73 Å². The molecule has 3 aromatic rings. The normalized spacial score (nSPS) is 14.2. The van der Waals surface area contributed by atoms with Crippen LogP contribution in [0.5, 0.6) is 0 Å².